The molecule has 0 spiro atoms. The minimum atomic E-state index is -0.467. The van der Waals surface area contributed by atoms with Crippen molar-refractivity contribution in [1.29, 1.82) is 0 Å². The molecular weight excluding hydrogens is 282 g/mol. The van der Waals surface area contributed by atoms with E-state index in [2.05, 4.69) is 5.32 Å². The van der Waals surface area contributed by atoms with Gasteiger partial charge in [0.15, 0.2) is 0 Å². The van der Waals surface area contributed by atoms with E-state index in [0.29, 0.717) is 22.7 Å². The molecule has 0 heterocycles. The highest BCUT2D eigenvalue weighted by atomic mass is 16.5. The Kier molecular flexibility index (Phi) is 4.78. The average molecular weight is 299 g/mol. The number of aryl methyl sites for hydroxylation is 1. The third kappa shape index (κ3) is 3.85. The lowest BCUT2D eigenvalue weighted by Gasteiger charge is -2.08. The number of amides is 1. The number of nitrogens with one attached hydrogen (secondary N) is 1. The van der Waals surface area contributed by atoms with E-state index < -0.39 is 5.97 Å². The van der Waals surface area contributed by atoms with Crippen molar-refractivity contribution >= 4 is 17.6 Å². The second kappa shape index (κ2) is 6.76. The molecule has 0 unspecified atom stereocenters. The molecule has 0 saturated carbocycles. The molecule has 0 atom stereocenters. The van der Waals surface area contributed by atoms with E-state index in [0.717, 1.165) is 5.56 Å². The second-order valence-electron chi connectivity index (χ2n) is 4.78. The second-order valence-corrected chi connectivity index (χ2v) is 4.78. The Morgan fingerprint density at radius 3 is 2.32 bits per heavy atom. The van der Waals surface area contributed by atoms with Gasteiger partial charge in [-0.1, -0.05) is 6.07 Å². The van der Waals surface area contributed by atoms with E-state index >= 15 is 0 Å². The summed E-state index contributed by atoms with van der Waals surface area (Å²) in [4.78, 5) is 23.0. The number of rotatable bonds is 4. The van der Waals surface area contributed by atoms with E-state index in [-0.39, 0.29) is 5.91 Å². The molecule has 0 radical (unpaired) electrons. The summed E-state index contributed by atoms with van der Waals surface area (Å²) >= 11 is 0. The molecule has 0 fully saturated rings. The topological polar surface area (TPSA) is 64.6 Å². The molecular formula is C17H17NO4. The summed E-state index contributed by atoms with van der Waals surface area (Å²) in [5.74, 6) is 0.413. The van der Waals surface area contributed by atoms with Gasteiger partial charge in [0.2, 0.25) is 5.91 Å². The quantitative estimate of drug-likeness (QED) is 0.695. The molecule has 1 amide bonds. The summed E-state index contributed by atoms with van der Waals surface area (Å²) in [5, 5.41) is 2.64. The monoisotopic (exact) mass is 299 g/mol. The van der Waals surface area contributed by atoms with E-state index in [1.54, 1.807) is 49.6 Å². The first kappa shape index (κ1) is 15.6. The molecule has 0 saturated heterocycles. The number of anilines is 1. The first-order valence-electron chi connectivity index (χ1n) is 6.74. The summed E-state index contributed by atoms with van der Waals surface area (Å²) < 4.78 is 10.5. The zero-order chi connectivity index (χ0) is 16.1. The molecule has 2 aromatic carbocycles. The molecule has 5 nitrogen and oxygen atoms in total. The fourth-order valence-corrected chi connectivity index (χ4v) is 1.92. The number of esters is 1. The lowest BCUT2D eigenvalue weighted by Crippen LogP contribution is -2.09. The van der Waals surface area contributed by atoms with Crippen molar-refractivity contribution in [2.45, 2.75) is 13.8 Å². The first-order valence-corrected chi connectivity index (χ1v) is 6.74. The fourth-order valence-electron chi connectivity index (χ4n) is 1.92. The number of carbonyl (C=O) groups excluding carboxylic acids is 2. The van der Waals surface area contributed by atoms with Crippen LogP contribution in [-0.4, -0.2) is 19.0 Å². The first-order chi connectivity index (χ1) is 10.5. The minimum absolute atomic E-state index is 0.156. The Morgan fingerprint density at radius 2 is 1.73 bits per heavy atom. The van der Waals surface area contributed by atoms with Crippen molar-refractivity contribution in [2.75, 3.05) is 12.4 Å². The van der Waals surface area contributed by atoms with E-state index in [4.69, 9.17) is 9.47 Å². The van der Waals surface area contributed by atoms with Crippen molar-refractivity contribution in [2.24, 2.45) is 0 Å². The maximum Gasteiger partial charge on any atom is 0.343 e. The molecule has 0 aliphatic heterocycles. The maximum absolute atomic E-state index is 12.1. The molecule has 1 N–H and O–H groups in total. The normalized spacial score (nSPS) is 9.95. The van der Waals surface area contributed by atoms with Crippen LogP contribution in [-0.2, 0) is 4.79 Å². The van der Waals surface area contributed by atoms with Gasteiger partial charge in [-0.25, -0.2) is 4.79 Å². The summed E-state index contributed by atoms with van der Waals surface area (Å²) in [6.07, 6.45) is 0. The van der Waals surface area contributed by atoms with Crippen LogP contribution in [0.2, 0.25) is 0 Å². The summed E-state index contributed by atoms with van der Waals surface area (Å²) in [6, 6.07) is 11.7. The molecule has 5 heteroatoms. The van der Waals surface area contributed by atoms with E-state index in [1.165, 1.54) is 6.92 Å². The Hall–Kier alpha value is -2.82. The van der Waals surface area contributed by atoms with Gasteiger partial charge in [0.25, 0.3) is 0 Å². The van der Waals surface area contributed by atoms with Crippen LogP contribution in [0.4, 0.5) is 5.69 Å². The van der Waals surface area contributed by atoms with Gasteiger partial charge in [-0.2, -0.15) is 0 Å². The molecule has 114 valence electrons. The maximum atomic E-state index is 12.1. The lowest BCUT2D eigenvalue weighted by atomic mass is 10.1. The van der Waals surface area contributed by atoms with Crippen LogP contribution in [0.25, 0.3) is 0 Å². The number of hydrogen-bond donors (Lipinski definition) is 1. The van der Waals surface area contributed by atoms with Crippen molar-refractivity contribution in [1.82, 2.24) is 0 Å². The largest absolute Gasteiger partial charge is 0.496 e. The predicted octanol–water partition coefficient (Wildman–Crippen LogP) is 3.18. The number of methoxy groups -OCH3 is 1. The molecule has 2 aromatic rings. The van der Waals surface area contributed by atoms with Crippen LogP contribution in [0.5, 0.6) is 11.5 Å². The molecule has 22 heavy (non-hydrogen) atoms. The van der Waals surface area contributed by atoms with Crippen LogP contribution >= 0.6 is 0 Å². The highest BCUT2D eigenvalue weighted by Crippen LogP contribution is 2.21. The molecule has 0 bridgehead atoms. The van der Waals surface area contributed by atoms with Gasteiger partial charge in [0.1, 0.15) is 11.5 Å². The van der Waals surface area contributed by atoms with Crippen molar-refractivity contribution in [3.05, 3.63) is 53.6 Å². The molecule has 0 aliphatic rings. The Morgan fingerprint density at radius 1 is 1.05 bits per heavy atom. The van der Waals surface area contributed by atoms with Gasteiger partial charge in [0, 0.05) is 12.6 Å². The fraction of sp³-hybridized carbons (Fsp3) is 0.176. The van der Waals surface area contributed by atoms with Gasteiger partial charge >= 0.3 is 5.97 Å². The Bertz CT molecular complexity index is 692. The van der Waals surface area contributed by atoms with Crippen LogP contribution in [0.15, 0.2) is 42.5 Å². The zero-order valence-electron chi connectivity index (χ0n) is 12.7. The molecule has 0 aliphatic carbocycles. The molecule has 2 rings (SSSR count). The minimum Gasteiger partial charge on any atom is -0.496 e. The standard InChI is InChI=1S/C17H17NO4/c1-11-4-5-13(10-16(11)21-3)17(20)22-15-8-6-14(7-9-15)18-12(2)19/h4-10H,1-3H3,(H,18,19). The third-order valence-corrected chi connectivity index (χ3v) is 3.03. The zero-order valence-corrected chi connectivity index (χ0v) is 12.7. The van der Waals surface area contributed by atoms with Crippen LogP contribution in [0.3, 0.4) is 0 Å². The Labute approximate surface area is 128 Å². The average Bonchev–Trinajstić information content (AvgIpc) is 2.49. The number of carbonyl (C=O) groups is 2. The number of benzene rings is 2. The van der Waals surface area contributed by atoms with Crippen LogP contribution in [0, 0.1) is 6.92 Å². The van der Waals surface area contributed by atoms with E-state index in [9.17, 15) is 9.59 Å². The predicted molar refractivity (Wildman–Crippen MR) is 83.4 cm³/mol. The van der Waals surface area contributed by atoms with Gasteiger partial charge in [-0.05, 0) is 48.9 Å². The smallest absolute Gasteiger partial charge is 0.343 e. The van der Waals surface area contributed by atoms with Gasteiger partial charge in [-0.3, -0.25) is 4.79 Å². The van der Waals surface area contributed by atoms with Crippen molar-refractivity contribution in [3.63, 3.8) is 0 Å². The van der Waals surface area contributed by atoms with Gasteiger partial charge in [-0.15, -0.1) is 0 Å². The number of ether oxygens (including phenoxy) is 2. The summed E-state index contributed by atoms with van der Waals surface area (Å²) in [7, 11) is 1.55. The molecule has 0 aromatic heterocycles. The van der Waals surface area contributed by atoms with Crippen LogP contribution in [0.1, 0.15) is 22.8 Å². The van der Waals surface area contributed by atoms with Gasteiger partial charge in [0.05, 0.1) is 12.7 Å². The SMILES string of the molecule is COc1cc(C(=O)Oc2ccc(NC(C)=O)cc2)ccc1C. The lowest BCUT2D eigenvalue weighted by molar-refractivity contribution is -0.114. The van der Waals surface area contributed by atoms with Crippen molar-refractivity contribution in [3.8, 4) is 11.5 Å². The van der Waals surface area contributed by atoms with E-state index in [1.807, 2.05) is 6.92 Å². The number of hydrogen-bond acceptors (Lipinski definition) is 4. The highest BCUT2D eigenvalue weighted by Gasteiger charge is 2.11. The highest BCUT2D eigenvalue weighted by molar-refractivity contribution is 5.92. The van der Waals surface area contributed by atoms with Crippen LogP contribution < -0.4 is 14.8 Å². The van der Waals surface area contributed by atoms with Gasteiger partial charge < -0.3 is 14.8 Å². The van der Waals surface area contributed by atoms with Crippen molar-refractivity contribution < 1.29 is 19.1 Å². The summed E-state index contributed by atoms with van der Waals surface area (Å²) in [6.45, 7) is 3.33. The third-order valence-electron chi connectivity index (χ3n) is 3.03. The summed E-state index contributed by atoms with van der Waals surface area (Å²) in [5.41, 5.74) is 2.00. The Balaban J connectivity index is 2.10.